The molecule has 0 aliphatic rings. The fourth-order valence-corrected chi connectivity index (χ4v) is 1.72. The first kappa shape index (κ1) is 17.4. The third kappa shape index (κ3) is 5.67. The second-order valence-corrected chi connectivity index (χ2v) is 5.12. The molecule has 1 aromatic heterocycles. The van der Waals surface area contributed by atoms with Crippen molar-refractivity contribution >= 4 is 11.7 Å². The number of likely N-dealkylation sites (N-methyl/N-ethyl adjacent to an activating group) is 1. The van der Waals surface area contributed by atoms with Crippen LogP contribution in [0.4, 0.5) is 10.2 Å². The minimum atomic E-state index is -0.521. The molecule has 1 amide bonds. The summed E-state index contributed by atoms with van der Waals surface area (Å²) >= 11 is 0. The first-order valence-electron chi connectivity index (χ1n) is 7.22. The molecule has 0 unspecified atom stereocenters. The molecule has 0 bridgehead atoms. The number of carbonyl (C=O) groups is 1. The minimum absolute atomic E-state index is 0.117. The van der Waals surface area contributed by atoms with Gasteiger partial charge in [0, 0.05) is 20.1 Å². The van der Waals surface area contributed by atoms with E-state index in [4.69, 9.17) is 4.74 Å². The molecule has 0 aliphatic heterocycles. The second-order valence-electron chi connectivity index (χ2n) is 5.12. The molecular weight excluding hydrogens is 273 g/mol. The van der Waals surface area contributed by atoms with Crippen LogP contribution < -0.4 is 5.32 Å². The number of nitrogens with one attached hydrogen (secondary N) is 1. The van der Waals surface area contributed by atoms with Crippen LogP contribution in [0.3, 0.4) is 0 Å². The summed E-state index contributed by atoms with van der Waals surface area (Å²) in [5.41, 5.74) is 0.246. The van der Waals surface area contributed by atoms with Crippen LogP contribution >= 0.6 is 0 Å². The number of nitrogens with zero attached hydrogens (tertiary/aromatic N) is 2. The predicted molar refractivity (Wildman–Crippen MR) is 81.0 cm³/mol. The summed E-state index contributed by atoms with van der Waals surface area (Å²) in [7, 11) is 1.67. The van der Waals surface area contributed by atoms with Crippen LogP contribution in [0.1, 0.15) is 37.6 Å². The Morgan fingerprint density at radius 2 is 2.24 bits per heavy atom. The van der Waals surface area contributed by atoms with Gasteiger partial charge in [0.2, 0.25) is 0 Å². The van der Waals surface area contributed by atoms with E-state index in [0.29, 0.717) is 25.5 Å². The first-order valence-corrected chi connectivity index (χ1v) is 7.22. The van der Waals surface area contributed by atoms with E-state index in [1.54, 1.807) is 7.05 Å². The molecule has 0 atom stereocenters. The third-order valence-corrected chi connectivity index (χ3v) is 2.85. The summed E-state index contributed by atoms with van der Waals surface area (Å²) < 4.78 is 18.8. The number of aromatic nitrogens is 1. The van der Waals surface area contributed by atoms with Crippen molar-refractivity contribution < 1.29 is 13.9 Å². The molecule has 1 heterocycles. The van der Waals surface area contributed by atoms with Gasteiger partial charge < -0.3 is 15.0 Å². The Hall–Kier alpha value is -1.69. The number of anilines is 1. The molecule has 21 heavy (non-hydrogen) atoms. The Balaban J connectivity index is 2.77. The lowest BCUT2D eigenvalue weighted by Crippen LogP contribution is -2.31. The number of carbonyl (C=O) groups excluding carboxylic acids is 1. The van der Waals surface area contributed by atoms with Gasteiger partial charge in [-0.05, 0) is 26.3 Å². The number of amides is 1. The summed E-state index contributed by atoms with van der Waals surface area (Å²) in [6, 6.07) is 1.22. The lowest BCUT2D eigenvalue weighted by molar-refractivity contribution is 0.0532. The van der Waals surface area contributed by atoms with E-state index in [-0.39, 0.29) is 17.6 Å². The van der Waals surface area contributed by atoms with Gasteiger partial charge in [0.05, 0.1) is 24.5 Å². The molecule has 118 valence electrons. The van der Waals surface area contributed by atoms with Gasteiger partial charge in [-0.1, -0.05) is 6.92 Å². The summed E-state index contributed by atoms with van der Waals surface area (Å²) in [6.07, 6.45) is 2.12. The molecule has 0 radical (unpaired) electrons. The molecule has 0 saturated carbocycles. The highest BCUT2D eigenvalue weighted by molar-refractivity contribution is 5.98. The van der Waals surface area contributed by atoms with Crippen molar-refractivity contribution in [2.75, 3.05) is 32.1 Å². The van der Waals surface area contributed by atoms with Crippen molar-refractivity contribution in [3.05, 3.63) is 23.6 Å². The molecule has 0 saturated heterocycles. The monoisotopic (exact) mass is 297 g/mol. The second kappa shape index (κ2) is 8.56. The molecule has 1 rings (SSSR count). The maximum Gasteiger partial charge on any atom is 0.257 e. The van der Waals surface area contributed by atoms with Gasteiger partial charge in [-0.15, -0.1) is 0 Å². The SMILES string of the molecule is CCCNc1ncc(F)cc1C(=O)N(C)CCOC(C)C. The Labute approximate surface area is 125 Å². The number of hydrogen-bond donors (Lipinski definition) is 1. The lowest BCUT2D eigenvalue weighted by Gasteiger charge is -2.19. The lowest BCUT2D eigenvalue weighted by atomic mass is 10.2. The zero-order valence-electron chi connectivity index (χ0n) is 13.1. The van der Waals surface area contributed by atoms with E-state index in [1.807, 2.05) is 20.8 Å². The molecule has 1 aromatic rings. The van der Waals surface area contributed by atoms with Gasteiger partial charge in [0.15, 0.2) is 0 Å². The predicted octanol–water partition coefficient (Wildman–Crippen LogP) is 2.54. The van der Waals surface area contributed by atoms with Gasteiger partial charge in [-0.25, -0.2) is 9.37 Å². The average Bonchev–Trinajstić information content (AvgIpc) is 2.44. The van der Waals surface area contributed by atoms with Crippen LogP contribution in [0.2, 0.25) is 0 Å². The quantitative estimate of drug-likeness (QED) is 0.801. The Morgan fingerprint density at radius 3 is 2.86 bits per heavy atom. The maximum absolute atomic E-state index is 13.4. The Morgan fingerprint density at radius 1 is 1.52 bits per heavy atom. The summed E-state index contributed by atoms with van der Waals surface area (Å²) in [4.78, 5) is 17.9. The van der Waals surface area contributed by atoms with E-state index in [9.17, 15) is 9.18 Å². The van der Waals surface area contributed by atoms with Crippen LogP contribution in [0.15, 0.2) is 12.3 Å². The van der Waals surface area contributed by atoms with Crippen LogP contribution in [-0.2, 0) is 4.74 Å². The average molecular weight is 297 g/mol. The first-order chi connectivity index (χ1) is 9.95. The molecule has 1 N–H and O–H groups in total. The van der Waals surface area contributed by atoms with Crippen molar-refractivity contribution in [3.63, 3.8) is 0 Å². The van der Waals surface area contributed by atoms with Gasteiger partial charge in [0.25, 0.3) is 5.91 Å². The number of hydrogen-bond acceptors (Lipinski definition) is 4. The molecule has 0 spiro atoms. The van der Waals surface area contributed by atoms with Crippen LogP contribution in [0.25, 0.3) is 0 Å². The summed E-state index contributed by atoms with van der Waals surface area (Å²) in [6.45, 7) is 7.45. The van der Waals surface area contributed by atoms with E-state index in [1.165, 1.54) is 11.0 Å². The van der Waals surface area contributed by atoms with Crippen molar-refractivity contribution in [2.24, 2.45) is 0 Å². The summed E-state index contributed by atoms with van der Waals surface area (Å²) in [5, 5.41) is 3.04. The fourth-order valence-electron chi connectivity index (χ4n) is 1.72. The Bertz CT molecular complexity index is 466. The largest absolute Gasteiger partial charge is 0.377 e. The van der Waals surface area contributed by atoms with Gasteiger partial charge >= 0.3 is 0 Å². The molecule has 0 aliphatic carbocycles. The zero-order chi connectivity index (χ0) is 15.8. The summed E-state index contributed by atoms with van der Waals surface area (Å²) in [5.74, 6) is -0.375. The topological polar surface area (TPSA) is 54.5 Å². The molecule has 0 fully saturated rings. The van der Waals surface area contributed by atoms with Crippen molar-refractivity contribution in [1.29, 1.82) is 0 Å². The highest BCUT2D eigenvalue weighted by Crippen LogP contribution is 2.15. The maximum atomic E-state index is 13.4. The van der Waals surface area contributed by atoms with Gasteiger partial charge in [0.1, 0.15) is 11.6 Å². The van der Waals surface area contributed by atoms with Crippen molar-refractivity contribution in [3.8, 4) is 0 Å². The number of rotatable bonds is 8. The Kier molecular flexibility index (Phi) is 7.08. The van der Waals surface area contributed by atoms with Crippen molar-refractivity contribution in [2.45, 2.75) is 33.3 Å². The van der Waals surface area contributed by atoms with Crippen LogP contribution in [0.5, 0.6) is 0 Å². The van der Waals surface area contributed by atoms with Crippen LogP contribution in [0, 0.1) is 5.82 Å². The highest BCUT2D eigenvalue weighted by atomic mass is 19.1. The zero-order valence-corrected chi connectivity index (χ0v) is 13.1. The molecule has 5 nitrogen and oxygen atoms in total. The number of ether oxygens (including phenoxy) is 1. The van der Waals surface area contributed by atoms with Crippen LogP contribution in [-0.4, -0.2) is 48.6 Å². The van der Waals surface area contributed by atoms with E-state index >= 15 is 0 Å². The van der Waals surface area contributed by atoms with E-state index in [2.05, 4.69) is 10.3 Å². The normalized spacial score (nSPS) is 10.8. The number of pyridine rings is 1. The minimum Gasteiger partial charge on any atom is -0.377 e. The number of halogens is 1. The smallest absolute Gasteiger partial charge is 0.257 e. The van der Waals surface area contributed by atoms with E-state index < -0.39 is 5.82 Å². The fraction of sp³-hybridized carbons (Fsp3) is 0.600. The molecular formula is C15H24FN3O2. The van der Waals surface area contributed by atoms with Crippen molar-refractivity contribution in [1.82, 2.24) is 9.88 Å². The standard InChI is InChI=1S/C15H24FN3O2/c1-5-6-17-14-13(9-12(16)10-18-14)15(20)19(4)7-8-21-11(2)3/h9-11H,5-8H2,1-4H3,(H,17,18). The third-order valence-electron chi connectivity index (χ3n) is 2.85. The highest BCUT2D eigenvalue weighted by Gasteiger charge is 2.17. The molecule has 6 heteroatoms. The van der Waals surface area contributed by atoms with Gasteiger partial charge in [-0.3, -0.25) is 4.79 Å². The molecule has 0 aromatic carbocycles. The van der Waals surface area contributed by atoms with E-state index in [0.717, 1.165) is 12.6 Å². The van der Waals surface area contributed by atoms with Gasteiger partial charge in [-0.2, -0.15) is 0 Å².